The first-order valence-electron chi connectivity index (χ1n) is 13.0. The summed E-state index contributed by atoms with van der Waals surface area (Å²) in [6.45, 7) is 7.66. The molecule has 222 valence electrons. The van der Waals surface area contributed by atoms with Crippen molar-refractivity contribution in [2.45, 2.75) is 40.2 Å². The van der Waals surface area contributed by atoms with Crippen molar-refractivity contribution >= 4 is 23.3 Å². The van der Waals surface area contributed by atoms with Crippen molar-refractivity contribution in [3.63, 3.8) is 0 Å². The molecule has 3 rings (SSSR count). The van der Waals surface area contributed by atoms with Crippen LogP contribution in [0.4, 0.5) is 8.78 Å². The molecule has 3 aromatic rings. The van der Waals surface area contributed by atoms with Gasteiger partial charge in [0, 0.05) is 26.1 Å². The molecular weight excluding hydrogens is 536 g/mol. The van der Waals surface area contributed by atoms with Crippen molar-refractivity contribution in [1.29, 1.82) is 0 Å². The van der Waals surface area contributed by atoms with Crippen LogP contribution in [0.25, 0.3) is 5.57 Å². The van der Waals surface area contributed by atoms with Crippen molar-refractivity contribution in [2.24, 2.45) is 15.2 Å². The molecule has 0 atom stereocenters. The van der Waals surface area contributed by atoms with Crippen LogP contribution in [-0.2, 0) is 17.3 Å². The van der Waals surface area contributed by atoms with E-state index in [0.29, 0.717) is 18.9 Å². The van der Waals surface area contributed by atoms with Crippen LogP contribution >= 0.6 is 0 Å². The molecule has 0 radical (unpaired) electrons. The van der Waals surface area contributed by atoms with E-state index in [4.69, 9.17) is 9.64 Å². The summed E-state index contributed by atoms with van der Waals surface area (Å²) in [5, 5.41) is 2.25. The predicted molar refractivity (Wildman–Crippen MR) is 171 cm³/mol. The van der Waals surface area contributed by atoms with Crippen molar-refractivity contribution in [1.82, 2.24) is 0 Å². The van der Waals surface area contributed by atoms with Gasteiger partial charge in [0.15, 0.2) is 6.29 Å². The largest absolute Gasteiger partial charge is 0.489 e. The summed E-state index contributed by atoms with van der Waals surface area (Å²) in [6, 6.07) is 24.3. The summed E-state index contributed by atoms with van der Waals surface area (Å²) in [4.78, 5) is 26.3. The number of aldehydes is 1. The molecule has 0 bridgehead atoms. The first-order chi connectivity index (χ1) is 20.1. The summed E-state index contributed by atoms with van der Waals surface area (Å²) in [7, 11) is 2.78. The fourth-order valence-electron chi connectivity index (χ4n) is 3.22. The van der Waals surface area contributed by atoms with E-state index in [0.717, 1.165) is 46.9 Å². The Morgan fingerprint density at radius 3 is 1.86 bits per heavy atom. The van der Waals surface area contributed by atoms with Crippen LogP contribution in [0.2, 0.25) is 0 Å². The number of nitroso groups, excluding NO2 is 1. The molecule has 42 heavy (non-hydrogen) atoms. The molecule has 0 heterocycles. The second-order valence-electron chi connectivity index (χ2n) is 8.62. The number of hydrogen-bond acceptors (Lipinski definition) is 6. The lowest BCUT2D eigenvalue weighted by Crippen LogP contribution is -2.07. The molecule has 0 saturated carbocycles. The number of carbonyl (C=O) groups is 1. The number of halogens is 2. The summed E-state index contributed by atoms with van der Waals surface area (Å²) in [5.74, 6) is -2.05. The molecule has 0 fully saturated rings. The minimum atomic E-state index is -2.85. The number of rotatable bonds is 9. The third-order valence-electron chi connectivity index (χ3n) is 5.45. The number of benzene rings is 3. The van der Waals surface area contributed by atoms with E-state index in [2.05, 4.69) is 28.0 Å². The van der Waals surface area contributed by atoms with Gasteiger partial charge in [-0.3, -0.25) is 14.8 Å². The lowest BCUT2D eigenvalue weighted by atomic mass is 10.0. The number of alkyl halides is 2. The quantitative estimate of drug-likeness (QED) is 0.112. The standard InChI is InChI=1S/C27H27F2NO.C4H7NO.C2H2.CH3NO/c1-4-30-26(23-10-14-24(15-11-23)27(3,28)29)18-20(2)22-12-16-25(17-13-22)31-19-21-8-6-5-7-9-21;1-4(3-6)5-2;1-2;1-2-3/h5-18H,4,19H2,1-3H3;3H,1-2H3;1-2H;1H3/b20-18+,30-26?;;;. The van der Waals surface area contributed by atoms with Gasteiger partial charge in [0.25, 0.3) is 5.92 Å². The smallest absolute Gasteiger partial charge is 0.270 e. The van der Waals surface area contributed by atoms with E-state index in [-0.39, 0.29) is 5.56 Å². The highest BCUT2D eigenvalue weighted by Gasteiger charge is 2.23. The number of hydrogen-bond donors (Lipinski definition) is 0. The van der Waals surface area contributed by atoms with Gasteiger partial charge in [-0.1, -0.05) is 71.9 Å². The highest BCUT2D eigenvalue weighted by Crippen LogP contribution is 2.27. The monoisotopic (exact) mass is 575 g/mol. The van der Waals surface area contributed by atoms with E-state index in [1.807, 2.05) is 74.5 Å². The SMILES string of the molecule is C#C.CCN=C(/C=C(\C)c1ccc(OCc2ccccc2)cc1)c1ccc(C(C)(F)F)cc1.CN=C(C)C=O.CN=O. The molecular formula is C34H39F2N3O3. The second-order valence-corrected chi connectivity index (χ2v) is 8.62. The second kappa shape index (κ2) is 21.0. The lowest BCUT2D eigenvalue weighted by molar-refractivity contribution is -0.102. The minimum absolute atomic E-state index is 0.00103. The molecule has 0 aliphatic rings. The van der Waals surface area contributed by atoms with Crippen LogP contribution in [-0.4, -0.2) is 38.3 Å². The topological polar surface area (TPSA) is 80.5 Å². The molecule has 8 heteroatoms. The third kappa shape index (κ3) is 14.6. The van der Waals surface area contributed by atoms with Gasteiger partial charge in [-0.15, -0.1) is 12.8 Å². The van der Waals surface area contributed by atoms with Crippen LogP contribution in [0.3, 0.4) is 0 Å². The van der Waals surface area contributed by atoms with Crippen LogP contribution in [0.5, 0.6) is 5.75 Å². The van der Waals surface area contributed by atoms with Crippen molar-refractivity contribution in [3.05, 3.63) is 112 Å². The zero-order valence-electron chi connectivity index (χ0n) is 25.1. The van der Waals surface area contributed by atoms with Crippen molar-refractivity contribution < 1.29 is 18.3 Å². The number of nitrogens with zero attached hydrogens (tertiary/aromatic N) is 3. The van der Waals surface area contributed by atoms with E-state index in [1.165, 1.54) is 19.2 Å². The Morgan fingerprint density at radius 2 is 1.43 bits per heavy atom. The first-order valence-corrected chi connectivity index (χ1v) is 13.0. The summed E-state index contributed by atoms with van der Waals surface area (Å²) in [5.41, 5.74) is 5.33. The molecule has 0 spiro atoms. The normalized spacial score (nSPS) is 11.3. The molecule has 0 amide bonds. The average molecular weight is 576 g/mol. The Morgan fingerprint density at radius 1 is 0.905 bits per heavy atom. The molecule has 0 aliphatic carbocycles. The van der Waals surface area contributed by atoms with E-state index < -0.39 is 5.92 Å². The van der Waals surface area contributed by atoms with Gasteiger partial charge >= 0.3 is 0 Å². The van der Waals surface area contributed by atoms with Crippen molar-refractivity contribution in [2.75, 3.05) is 20.6 Å². The van der Waals surface area contributed by atoms with E-state index in [9.17, 15) is 13.6 Å². The zero-order valence-corrected chi connectivity index (χ0v) is 25.1. The summed E-state index contributed by atoms with van der Waals surface area (Å²) < 4.78 is 32.8. The third-order valence-corrected chi connectivity index (χ3v) is 5.45. The maximum absolute atomic E-state index is 13.5. The molecule has 3 aromatic carbocycles. The van der Waals surface area contributed by atoms with Gasteiger partial charge in [-0.05, 0) is 61.2 Å². The summed E-state index contributed by atoms with van der Waals surface area (Å²) >= 11 is 0. The van der Waals surface area contributed by atoms with Gasteiger partial charge in [0.2, 0.25) is 0 Å². The molecule has 0 N–H and O–H groups in total. The Labute approximate surface area is 248 Å². The first kappa shape index (κ1) is 37.2. The van der Waals surface area contributed by atoms with Gasteiger partial charge in [-0.2, -0.15) is 4.91 Å². The molecule has 0 saturated heterocycles. The molecule has 0 unspecified atom stereocenters. The fraction of sp³-hybridized carbons (Fsp3) is 0.265. The zero-order chi connectivity index (χ0) is 32.0. The van der Waals surface area contributed by atoms with Gasteiger partial charge in [-0.25, -0.2) is 8.78 Å². The predicted octanol–water partition coefficient (Wildman–Crippen LogP) is 8.20. The Bertz CT molecular complexity index is 1310. The maximum atomic E-state index is 13.5. The molecule has 0 aromatic heterocycles. The van der Waals surface area contributed by atoms with Crippen molar-refractivity contribution in [3.8, 4) is 18.6 Å². The van der Waals surface area contributed by atoms with Gasteiger partial charge in [0.1, 0.15) is 12.4 Å². The number of terminal acetylenes is 1. The van der Waals surface area contributed by atoms with Crippen LogP contribution in [0.15, 0.2) is 100 Å². The Hall–Kier alpha value is -4.77. The molecule has 6 nitrogen and oxygen atoms in total. The van der Waals surface area contributed by atoms with Crippen LogP contribution in [0, 0.1) is 17.8 Å². The van der Waals surface area contributed by atoms with Gasteiger partial charge < -0.3 is 4.74 Å². The number of allylic oxidation sites excluding steroid dienone is 2. The number of carbonyl (C=O) groups excluding carboxylic acids is 1. The summed E-state index contributed by atoms with van der Waals surface area (Å²) in [6.07, 6.45) is 10.7. The van der Waals surface area contributed by atoms with Crippen LogP contribution in [0.1, 0.15) is 49.9 Å². The maximum Gasteiger partial charge on any atom is 0.270 e. The minimum Gasteiger partial charge on any atom is -0.489 e. The van der Waals surface area contributed by atoms with Gasteiger partial charge in [0.05, 0.1) is 18.5 Å². The Balaban J connectivity index is 0.00000132. The number of ether oxygens (including phenoxy) is 1. The highest BCUT2D eigenvalue weighted by atomic mass is 19.3. The lowest BCUT2D eigenvalue weighted by Gasteiger charge is -2.12. The van der Waals surface area contributed by atoms with Crippen LogP contribution < -0.4 is 4.74 Å². The number of aliphatic imine (C=N–C) groups is 2. The van der Waals surface area contributed by atoms with E-state index >= 15 is 0 Å². The average Bonchev–Trinajstić information content (AvgIpc) is 3.01. The van der Waals surface area contributed by atoms with E-state index in [1.54, 1.807) is 26.1 Å². The highest BCUT2D eigenvalue weighted by molar-refractivity contribution is 6.26. The Kier molecular flexibility index (Phi) is 18.7. The fourth-order valence-corrected chi connectivity index (χ4v) is 3.22. The molecule has 0 aliphatic heterocycles.